The van der Waals surface area contributed by atoms with Gasteiger partial charge in [0.15, 0.2) is 6.23 Å². The first-order chi connectivity index (χ1) is 15.6. The molecule has 0 spiro atoms. The molecule has 1 fully saturated rings. The highest BCUT2D eigenvalue weighted by Crippen LogP contribution is 2.45. The summed E-state index contributed by atoms with van der Waals surface area (Å²) in [6.07, 6.45) is -5.11. The van der Waals surface area contributed by atoms with Crippen LogP contribution in [0.5, 0.6) is 5.75 Å². The van der Waals surface area contributed by atoms with Crippen molar-refractivity contribution in [1.29, 1.82) is 0 Å². The Labute approximate surface area is 186 Å². The number of aromatic amines is 1. The van der Waals surface area contributed by atoms with Gasteiger partial charge in [0.05, 0.1) is 13.7 Å². The van der Waals surface area contributed by atoms with Crippen molar-refractivity contribution in [2.45, 2.75) is 37.5 Å². The highest BCUT2D eigenvalue weighted by molar-refractivity contribution is 7.52. The summed E-state index contributed by atoms with van der Waals surface area (Å²) in [4.78, 5) is 36.9. The van der Waals surface area contributed by atoms with Crippen LogP contribution in [0.3, 0.4) is 0 Å². The Bertz CT molecular complexity index is 1120. The fourth-order valence-corrected chi connectivity index (χ4v) is 4.46. The molecule has 0 radical (unpaired) electrons. The summed E-state index contributed by atoms with van der Waals surface area (Å²) >= 11 is 0. The van der Waals surface area contributed by atoms with Crippen molar-refractivity contribution >= 4 is 13.7 Å². The van der Waals surface area contributed by atoms with Crippen LogP contribution in [0.25, 0.3) is 0 Å². The number of hydrogen-bond acceptors (Lipinski definition) is 11. The van der Waals surface area contributed by atoms with Crippen molar-refractivity contribution in [2.75, 3.05) is 13.7 Å². The van der Waals surface area contributed by atoms with Gasteiger partial charge in [-0.25, -0.2) is 9.36 Å². The molecule has 1 aliphatic rings. The average molecular weight is 486 g/mol. The Kier molecular flexibility index (Phi) is 7.79. The van der Waals surface area contributed by atoms with Gasteiger partial charge in [-0.05, 0) is 19.1 Å². The number of aliphatic hydroxyl groups is 2. The predicted molar refractivity (Wildman–Crippen MR) is 110 cm³/mol. The molecule has 3 unspecified atom stereocenters. The molecule has 1 aromatic carbocycles. The Morgan fingerprint density at radius 2 is 2.00 bits per heavy atom. The first kappa shape index (κ1) is 24.8. The van der Waals surface area contributed by atoms with Gasteiger partial charge in [-0.1, -0.05) is 18.2 Å². The largest absolute Gasteiger partial charge is 0.468 e. The van der Waals surface area contributed by atoms with Gasteiger partial charge in [-0.3, -0.25) is 19.1 Å². The zero-order chi connectivity index (χ0) is 24.2. The molecular formula is C18H23N4O10P. The molecule has 1 saturated heterocycles. The quantitative estimate of drug-likeness (QED) is 0.248. The maximum absolute atomic E-state index is 13.3. The van der Waals surface area contributed by atoms with Gasteiger partial charge in [0.25, 0.3) is 5.56 Å². The fraction of sp³-hybridized carbons (Fsp3) is 0.444. The van der Waals surface area contributed by atoms with Gasteiger partial charge in [0, 0.05) is 0 Å². The SMILES string of the molecule is COC(=O)[C@H](C)NP(=O)(OC[C@H]1O[C@@H](n2ncc(=O)[nH]c2=O)C(O)C1O)Oc1ccccc1. The topological polar surface area (TPSA) is 191 Å². The molecule has 0 bridgehead atoms. The van der Waals surface area contributed by atoms with Crippen LogP contribution in [0.4, 0.5) is 0 Å². The molecule has 1 aliphatic heterocycles. The first-order valence-electron chi connectivity index (χ1n) is 9.68. The number of methoxy groups -OCH3 is 1. The van der Waals surface area contributed by atoms with Crippen LogP contribution < -0.4 is 20.9 Å². The molecule has 180 valence electrons. The summed E-state index contributed by atoms with van der Waals surface area (Å²) < 4.78 is 34.9. The van der Waals surface area contributed by atoms with Crippen LogP contribution in [0, 0.1) is 0 Å². The van der Waals surface area contributed by atoms with E-state index in [9.17, 15) is 29.2 Å². The molecule has 2 aromatic rings. The smallest absolute Gasteiger partial charge is 0.459 e. The number of aliphatic hydroxyl groups excluding tert-OH is 2. The number of aromatic nitrogens is 3. The van der Waals surface area contributed by atoms with Crippen LogP contribution in [0.2, 0.25) is 0 Å². The Hall–Kier alpha value is -2.87. The zero-order valence-electron chi connectivity index (χ0n) is 17.6. The lowest BCUT2D eigenvalue weighted by atomic mass is 10.1. The first-order valence-corrected chi connectivity index (χ1v) is 11.2. The van der Waals surface area contributed by atoms with E-state index < -0.39 is 62.2 Å². The molecule has 14 nitrogen and oxygen atoms in total. The Morgan fingerprint density at radius 3 is 2.64 bits per heavy atom. The van der Waals surface area contributed by atoms with E-state index in [-0.39, 0.29) is 5.75 Å². The Balaban J connectivity index is 1.76. The number of nitrogens with zero attached hydrogens (tertiary/aromatic N) is 2. The number of para-hydroxylation sites is 1. The van der Waals surface area contributed by atoms with Crippen molar-refractivity contribution in [3.8, 4) is 5.75 Å². The normalized spacial score (nSPS) is 25.2. The lowest BCUT2D eigenvalue weighted by Crippen LogP contribution is -2.39. The van der Waals surface area contributed by atoms with Crippen molar-refractivity contribution in [1.82, 2.24) is 19.9 Å². The fourth-order valence-electron chi connectivity index (χ4n) is 2.96. The maximum atomic E-state index is 13.3. The minimum atomic E-state index is -4.23. The van der Waals surface area contributed by atoms with E-state index in [1.54, 1.807) is 18.2 Å². The molecule has 0 amide bonds. The minimum Gasteiger partial charge on any atom is -0.468 e. The van der Waals surface area contributed by atoms with Crippen LogP contribution in [0.15, 0.2) is 46.1 Å². The molecule has 33 heavy (non-hydrogen) atoms. The highest BCUT2D eigenvalue weighted by atomic mass is 31.2. The molecule has 0 saturated carbocycles. The number of hydrogen-bond donors (Lipinski definition) is 4. The number of rotatable bonds is 9. The molecular weight excluding hydrogens is 463 g/mol. The van der Waals surface area contributed by atoms with Gasteiger partial charge >= 0.3 is 19.4 Å². The molecule has 3 rings (SSSR count). The van der Waals surface area contributed by atoms with Gasteiger partial charge in [-0.15, -0.1) is 0 Å². The number of carbonyl (C=O) groups excluding carboxylic acids is 1. The van der Waals surface area contributed by atoms with Crippen LogP contribution >= 0.6 is 7.75 Å². The second-order valence-electron chi connectivity index (χ2n) is 7.00. The standard InChI is InChI=1S/C18H23N4O10P/c1-10(17(26)29-2)21-33(28,32-11-6-4-3-5-7-11)30-9-12-14(24)15(25)16(31-12)22-18(27)20-13(23)8-19-22/h3-8,10,12,14-16,24-25H,9H2,1-2H3,(H,21,28)(H,20,23,27)/t10-,12+,14?,15?,16+,33?/m0/s1. The van der Waals surface area contributed by atoms with Crippen molar-refractivity contribution in [2.24, 2.45) is 0 Å². The third kappa shape index (κ3) is 5.93. The maximum Gasteiger partial charge on any atom is 0.459 e. The Morgan fingerprint density at radius 1 is 1.30 bits per heavy atom. The van der Waals surface area contributed by atoms with E-state index in [4.69, 9.17) is 13.8 Å². The van der Waals surface area contributed by atoms with Crippen LogP contribution in [-0.4, -0.2) is 69.0 Å². The summed E-state index contributed by atoms with van der Waals surface area (Å²) in [5, 5.41) is 26.6. The third-order valence-electron chi connectivity index (χ3n) is 4.60. The van der Waals surface area contributed by atoms with Gasteiger partial charge in [0.2, 0.25) is 0 Å². The van der Waals surface area contributed by atoms with Gasteiger partial charge < -0.3 is 24.2 Å². The molecule has 4 N–H and O–H groups in total. The summed E-state index contributed by atoms with van der Waals surface area (Å²) in [5.74, 6) is -0.563. The monoisotopic (exact) mass is 486 g/mol. The average Bonchev–Trinajstić information content (AvgIpc) is 3.06. The van der Waals surface area contributed by atoms with E-state index in [1.807, 2.05) is 4.98 Å². The molecule has 6 atom stereocenters. The van der Waals surface area contributed by atoms with Crippen LogP contribution in [-0.2, 0) is 23.4 Å². The minimum absolute atomic E-state index is 0.167. The van der Waals surface area contributed by atoms with Gasteiger partial charge in [-0.2, -0.15) is 14.9 Å². The molecule has 2 heterocycles. The second-order valence-corrected chi connectivity index (χ2v) is 8.70. The summed E-state index contributed by atoms with van der Waals surface area (Å²) in [6.45, 7) is 0.809. The molecule has 15 heteroatoms. The number of esters is 1. The van der Waals surface area contributed by atoms with E-state index in [2.05, 4.69) is 14.9 Å². The number of benzene rings is 1. The number of ether oxygens (including phenoxy) is 2. The molecule has 0 aliphatic carbocycles. The van der Waals surface area contributed by atoms with Crippen LogP contribution in [0.1, 0.15) is 13.2 Å². The lowest BCUT2D eigenvalue weighted by molar-refractivity contribution is -0.142. The van der Waals surface area contributed by atoms with E-state index in [0.29, 0.717) is 4.68 Å². The van der Waals surface area contributed by atoms with Crippen molar-refractivity contribution in [3.05, 3.63) is 57.4 Å². The van der Waals surface area contributed by atoms with E-state index in [0.717, 1.165) is 13.3 Å². The number of nitrogens with one attached hydrogen (secondary N) is 2. The predicted octanol–water partition coefficient (Wildman–Crippen LogP) is -1.09. The zero-order valence-corrected chi connectivity index (χ0v) is 18.5. The number of carbonyl (C=O) groups is 1. The third-order valence-corrected chi connectivity index (χ3v) is 6.24. The summed E-state index contributed by atoms with van der Waals surface area (Å²) in [7, 11) is -3.07. The number of H-pyrrole nitrogens is 1. The lowest BCUT2D eigenvalue weighted by Gasteiger charge is -2.24. The van der Waals surface area contributed by atoms with E-state index in [1.165, 1.54) is 19.1 Å². The second kappa shape index (κ2) is 10.4. The highest BCUT2D eigenvalue weighted by Gasteiger charge is 2.46. The van der Waals surface area contributed by atoms with Crippen molar-refractivity contribution in [3.63, 3.8) is 0 Å². The van der Waals surface area contributed by atoms with Crippen molar-refractivity contribution < 1.29 is 38.1 Å². The summed E-state index contributed by atoms with van der Waals surface area (Å²) in [6, 6.07) is 6.90. The summed E-state index contributed by atoms with van der Waals surface area (Å²) in [5.41, 5.74) is -1.72. The molecule has 1 aromatic heterocycles. The van der Waals surface area contributed by atoms with Gasteiger partial charge in [0.1, 0.15) is 36.3 Å². The van der Waals surface area contributed by atoms with E-state index >= 15 is 0 Å².